The molecular weight excluding hydrogens is 532 g/mol. The number of nitro groups is 1. The lowest BCUT2D eigenvalue weighted by Crippen LogP contribution is -2.20. The minimum atomic E-state index is -1.35. The zero-order chi connectivity index (χ0) is 27.7. The molecule has 0 bridgehead atoms. The number of para-hydroxylation sites is 1. The molecule has 5 aromatic rings. The smallest absolute Gasteiger partial charge is 0.341 e. The second-order valence-electron chi connectivity index (χ2n) is 8.08. The lowest BCUT2D eigenvalue weighted by atomic mass is 10.2. The molecule has 0 aliphatic rings. The van der Waals surface area contributed by atoms with E-state index in [1.54, 1.807) is 48.5 Å². The third-order valence-corrected chi connectivity index (χ3v) is 5.85. The van der Waals surface area contributed by atoms with Crippen molar-refractivity contribution >= 4 is 51.3 Å². The third-order valence-electron chi connectivity index (χ3n) is 5.63. The number of hydrogen-bond acceptors (Lipinski definition) is 9. The predicted molar refractivity (Wildman–Crippen MR) is 142 cm³/mol. The summed E-state index contributed by atoms with van der Waals surface area (Å²) in [6.45, 7) is -0.854. The minimum absolute atomic E-state index is 0.0283. The van der Waals surface area contributed by atoms with Gasteiger partial charge >= 0.3 is 11.7 Å². The van der Waals surface area contributed by atoms with Crippen molar-refractivity contribution in [3.8, 4) is 23.1 Å². The molecule has 0 atom stereocenters. The van der Waals surface area contributed by atoms with Crippen LogP contribution in [0.4, 0.5) is 5.69 Å². The van der Waals surface area contributed by atoms with Crippen LogP contribution in [0.1, 0.15) is 5.56 Å². The van der Waals surface area contributed by atoms with Crippen LogP contribution in [0.5, 0.6) is 11.5 Å². The summed E-state index contributed by atoms with van der Waals surface area (Å²) in [7, 11) is 1.52. The fraction of sp³-hybridized carbons (Fsp3) is 0.0769. The second-order valence-corrected chi connectivity index (χ2v) is 8.52. The van der Waals surface area contributed by atoms with E-state index in [9.17, 15) is 19.7 Å². The lowest BCUT2D eigenvalue weighted by Gasteiger charge is -2.10. The Labute approximate surface area is 223 Å². The Hall–Kier alpha value is -5.23. The number of furan rings is 1. The molecule has 196 valence electrons. The van der Waals surface area contributed by atoms with Gasteiger partial charge in [0.2, 0.25) is 11.6 Å². The molecule has 39 heavy (non-hydrogen) atoms. The van der Waals surface area contributed by atoms with Crippen molar-refractivity contribution in [1.29, 1.82) is 0 Å². The third kappa shape index (κ3) is 4.88. The van der Waals surface area contributed by atoms with Crippen LogP contribution in [0.3, 0.4) is 0 Å². The number of carboxylic acid groups (broad SMARTS) is 1. The number of rotatable bonds is 8. The maximum Gasteiger partial charge on any atom is 0.341 e. The number of nitro benzene ring substituents is 1. The monoisotopic (exact) mass is 548 g/mol. The van der Waals surface area contributed by atoms with E-state index in [2.05, 4.69) is 10.1 Å². The molecular formula is C26H17ClN4O8. The first-order valence-electron chi connectivity index (χ1n) is 11.2. The van der Waals surface area contributed by atoms with Crippen molar-refractivity contribution in [3.63, 3.8) is 0 Å². The van der Waals surface area contributed by atoms with Gasteiger partial charge in [-0.25, -0.2) is 9.78 Å². The molecule has 12 nitrogen and oxygen atoms in total. The Kier molecular flexibility index (Phi) is 6.69. The van der Waals surface area contributed by atoms with Crippen LogP contribution in [-0.2, 0) is 4.79 Å². The van der Waals surface area contributed by atoms with Gasteiger partial charge in [-0.05, 0) is 36.4 Å². The molecule has 0 aliphatic carbocycles. The molecule has 1 N–H and O–H groups in total. The average Bonchev–Trinajstić information content (AvgIpc) is 3.36. The van der Waals surface area contributed by atoms with Gasteiger partial charge in [0.25, 0.3) is 5.56 Å². The molecule has 0 aliphatic heterocycles. The normalized spacial score (nSPS) is 11.3. The molecule has 0 saturated carbocycles. The number of aliphatic carboxylic acids is 1. The highest BCUT2D eigenvalue weighted by molar-refractivity contribution is 6.31. The number of carboxylic acids is 1. The molecule has 2 heterocycles. The average molecular weight is 549 g/mol. The lowest BCUT2D eigenvalue weighted by molar-refractivity contribution is -0.385. The maximum atomic E-state index is 13.5. The van der Waals surface area contributed by atoms with E-state index in [0.29, 0.717) is 22.2 Å². The van der Waals surface area contributed by atoms with E-state index in [1.807, 2.05) is 0 Å². The van der Waals surface area contributed by atoms with Gasteiger partial charge in [0.1, 0.15) is 11.3 Å². The standard InChI is InChI=1S/C26H17ClN4O8/c1-37-20-7-4-8-21-17(20)11-22(39-21)25-29-18-6-3-2-5-16(18)26(34)30(25)28-12-14-9-15(27)10-19(31(35)36)24(14)38-13-23(32)33/h2-12H,13H2,1H3,(H,32,33). The summed E-state index contributed by atoms with van der Waals surface area (Å²) in [5, 5.41) is 25.8. The highest BCUT2D eigenvalue weighted by Gasteiger charge is 2.22. The van der Waals surface area contributed by atoms with Crippen LogP contribution in [0, 0.1) is 10.1 Å². The Morgan fingerprint density at radius 2 is 2.00 bits per heavy atom. The van der Waals surface area contributed by atoms with E-state index >= 15 is 0 Å². The molecule has 0 fully saturated rings. The Balaban J connectivity index is 1.73. The molecule has 0 radical (unpaired) electrons. The number of hydrogen-bond donors (Lipinski definition) is 1. The van der Waals surface area contributed by atoms with Crippen molar-refractivity contribution in [2.45, 2.75) is 0 Å². The molecule has 5 rings (SSSR count). The number of carbonyl (C=O) groups is 1. The van der Waals surface area contributed by atoms with Gasteiger partial charge < -0.3 is 19.0 Å². The number of halogens is 1. The van der Waals surface area contributed by atoms with Gasteiger partial charge in [-0.15, -0.1) is 0 Å². The summed E-state index contributed by atoms with van der Waals surface area (Å²) in [6, 6.07) is 15.8. The number of nitrogens with zero attached hydrogens (tertiary/aromatic N) is 4. The second kappa shape index (κ2) is 10.3. The van der Waals surface area contributed by atoms with Gasteiger partial charge in [-0.2, -0.15) is 9.78 Å². The molecule has 13 heteroatoms. The van der Waals surface area contributed by atoms with Gasteiger partial charge in [0, 0.05) is 16.7 Å². The SMILES string of the molecule is COc1cccc2oc(-c3nc4ccccc4c(=O)n3N=Cc3cc(Cl)cc([N+](=O)[O-])c3OCC(=O)O)cc12. The van der Waals surface area contributed by atoms with Crippen molar-refractivity contribution < 1.29 is 28.7 Å². The molecule has 0 unspecified atom stereocenters. The fourth-order valence-corrected chi connectivity index (χ4v) is 4.18. The van der Waals surface area contributed by atoms with Crippen LogP contribution in [0.15, 0.2) is 75.0 Å². The van der Waals surface area contributed by atoms with Crippen molar-refractivity contribution in [2.75, 3.05) is 13.7 Å². The zero-order valence-corrected chi connectivity index (χ0v) is 20.8. The van der Waals surface area contributed by atoms with E-state index in [0.717, 1.165) is 17.0 Å². The number of methoxy groups -OCH3 is 1. The largest absolute Gasteiger partial charge is 0.496 e. The number of benzene rings is 3. The Bertz CT molecular complexity index is 1860. The highest BCUT2D eigenvalue weighted by atomic mass is 35.5. The molecule has 2 aromatic heterocycles. The summed E-state index contributed by atoms with van der Waals surface area (Å²) in [4.78, 5) is 40.0. The summed E-state index contributed by atoms with van der Waals surface area (Å²) >= 11 is 6.08. The van der Waals surface area contributed by atoms with E-state index in [1.165, 1.54) is 13.2 Å². The first-order valence-corrected chi connectivity index (χ1v) is 11.6. The molecule has 0 spiro atoms. The Morgan fingerprint density at radius 1 is 1.21 bits per heavy atom. The highest BCUT2D eigenvalue weighted by Crippen LogP contribution is 2.35. The van der Waals surface area contributed by atoms with Crippen LogP contribution in [-0.4, -0.2) is 45.6 Å². The quantitative estimate of drug-likeness (QED) is 0.164. The summed E-state index contributed by atoms with van der Waals surface area (Å²) in [6.07, 6.45) is 1.10. The number of aromatic nitrogens is 2. The summed E-state index contributed by atoms with van der Waals surface area (Å²) < 4.78 is 17.5. The van der Waals surface area contributed by atoms with Gasteiger partial charge in [-0.3, -0.25) is 14.9 Å². The number of ether oxygens (including phenoxy) is 2. The van der Waals surface area contributed by atoms with Crippen molar-refractivity contribution in [2.24, 2.45) is 5.10 Å². The van der Waals surface area contributed by atoms with E-state index < -0.39 is 28.7 Å². The van der Waals surface area contributed by atoms with Crippen molar-refractivity contribution in [1.82, 2.24) is 9.66 Å². The van der Waals surface area contributed by atoms with Crippen LogP contribution in [0.2, 0.25) is 5.02 Å². The molecule has 3 aromatic carbocycles. The fourth-order valence-electron chi connectivity index (χ4n) is 3.96. The first-order chi connectivity index (χ1) is 18.8. The van der Waals surface area contributed by atoms with E-state index in [4.69, 9.17) is 30.6 Å². The van der Waals surface area contributed by atoms with Crippen molar-refractivity contribution in [3.05, 3.63) is 91.7 Å². The first kappa shape index (κ1) is 25.4. The number of fused-ring (bicyclic) bond motifs is 2. The van der Waals surface area contributed by atoms with Gasteiger partial charge in [0.05, 0.1) is 34.5 Å². The summed E-state index contributed by atoms with van der Waals surface area (Å²) in [5.74, 6) is -0.939. The van der Waals surface area contributed by atoms with Gasteiger partial charge in [0.15, 0.2) is 12.4 Å². The van der Waals surface area contributed by atoms with E-state index in [-0.39, 0.29) is 33.3 Å². The summed E-state index contributed by atoms with van der Waals surface area (Å²) in [5.41, 5.74) is -0.285. The van der Waals surface area contributed by atoms with Gasteiger partial charge in [-0.1, -0.05) is 29.8 Å². The Morgan fingerprint density at radius 3 is 2.74 bits per heavy atom. The predicted octanol–water partition coefficient (Wildman–Crippen LogP) is 4.73. The topological polar surface area (TPSA) is 159 Å². The molecule has 0 amide bonds. The van der Waals surface area contributed by atoms with Crippen LogP contribution in [0.25, 0.3) is 33.5 Å². The maximum absolute atomic E-state index is 13.5. The molecule has 0 saturated heterocycles. The minimum Gasteiger partial charge on any atom is -0.496 e. The zero-order valence-electron chi connectivity index (χ0n) is 20.0. The van der Waals surface area contributed by atoms with Crippen LogP contribution < -0.4 is 15.0 Å². The van der Waals surface area contributed by atoms with Crippen LogP contribution >= 0.6 is 11.6 Å².